The average Bonchev–Trinajstić information content (AvgIpc) is 2.85. The largest absolute Gasteiger partial charge is 0.504 e. The maximum Gasteiger partial charge on any atom is 0.240 e. The number of carbonyl (C=O) groups excluding carboxylic acids is 2. The molecule has 0 radical (unpaired) electrons. The third-order valence-corrected chi connectivity index (χ3v) is 4.93. The predicted molar refractivity (Wildman–Crippen MR) is 138 cm³/mol. The number of amides is 2. The van der Waals surface area contributed by atoms with Gasteiger partial charge in [-0.3, -0.25) is 9.59 Å². The van der Waals surface area contributed by atoms with Gasteiger partial charge in [0, 0.05) is 12.8 Å². The summed E-state index contributed by atoms with van der Waals surface area (Å²) in [7, 11) is 0. The van der Waals surface area contributed by atoms with E-state index in [1.165, 1.54) is 24.6 Å². The van der Waals surface area contributed by atoms with Gasteiger partial charge in [0.05, 0.1) is 25.6 Å². The highest BCUT2D eigenvalue weighted by atomic mass is 16.5. The summed E-state index contributed by atoms with van der Waals surface area (Å²) in [5.74, 6) is 0.443. The first-order chi connectivity index (χ1) is 17.4. The fourth-order valence-corrected chi connectivity index (χ4v) is 3.16. The van der Waals surface area contributed by atoms with Gasteiger partial charge in [-0.15, -0.1) is 0 Å². The van der Waals surface area contributed by atoms with Crippen LogP contribution in [0, 0.1) is 0 Å². The summed E-state index contributed by atoms with van der Waals surface area (Å²) >= 11 is 0. The number of nitrogens with one attached hydrogen (secondary N) is 2. The molecule has 4 N–H and O–H groups in total. The Balaban J connectivity index is 1.57. The molecule has 0 aliphatic rings. The number of rotatable bonds is 15. The van der Waals surface area contributed by atoms with E-state index in [1.54, 1.807) is 24.3 Å². The third kappa shape index (κ3) is 10.5. The SMILES string of the molecule is CCOc1cc(C=NNC(=O)CCCCCCC(=O)NN=Cc2ccc(O)c(OCC)c2)ccc1O. The molecule has 0 atom stereocenters. The van der Waals surface area contributed by atoms with Crippen LogP contribution in [-0.4, -0.2) is 47.7 Å². The van der Waals surface area contributed by atoms with Crippen molar-refractivity contribution in [3.05, 3.63) is 47.5 Å². The number of hydrogen-bond acceptors (Lipinski definition) is 8. The summed E-state index contributed by atoms with van der Waals surface area (Å²) in [5, 5.41) is 27.3. The van der Waals surface area contributed by atoms with E-state index < -0.39 is 0 Å². The van der Waals surface area contributed by atoms with Gasteiger partial charge in [0.1, 0.15) is 0 Å². The second kappa shape index (κ2) is 15.8. The van der Waals surface area contributed by atoms with Crippen LogP contribution in [-0.2, 0) is 9.59 Å². The van der Waals surface area contributed by atoms with Crippen LogP contribution >= 0.6 is 0 Å². The lowest BCUT2D eigenvalue weighted by Gasteiger charge is -2.06. The zero-order valence-corrected chi connectivity index (χ0v) is 20.7. The van der Waals surface area contributed by atoms with Crippen molar-refractivity contribution >= 4 is 24.2 Å². The zero-order valence-electron chi connectivity index (χ0n) is 20.7. The first kappa shape index (κ1) is 28.2. The Morgan fingerprint density at radius 1 is 0.750 bits per heavy atom. The minimum absolute atomic E-state index is 0.0498. The minimum atomic E-state index is -0.191. The number of benzene rings is 2. The number of unbranched alkanes of at least 4 members (excludes halogenated alkanes) is 3. The molecule has 0 aromatic heterocycles. The summed E-state index contributed by atoms with van der Waals surface area (Å²) in [6.07, 6.45) is 6.67. The van der Waals surface area contributed by atoms with Crippen molar-refractivity contribution in [1.29, 1.82) is 0 Å². The molecule has 194 valence electrons. The number of aromatic hydroxyl groups is 2. The Morgan fingerprint density at radius 3 is 1.56 bits per heavy atom. The van der Waals surface area contributed by atoms with Gasteiger partial charge in [0.25, 0.3) is 0 Å². The van der Waals surface area contributed by atoms with Gasteiger partial charge < -0.3 is 19.7 Å². The van der Waals surface area contributed by atoms with Crippen molar-refractivity contribution in [1.82, 2.24) is 10.9 Å². The van der Waals surface area contributed by atoms with Crippen molar-refractivity contribution in [2.45, 2.75) is 52.4 Å². The Morgan fingerprint density at radius 2 is 1.17 bits per heavy atom. The molecule has 0 saturated carbocycles. The minimum Gasteiger partial charge on any atom is -0.504 e. The molecular formula is C26H34N4O6. The van der Waals surface area contributed by atoms with Gasteiger partial charge >= 0.3 is 0 Å². The molecule has 0 aliphatic carbocycles. The zero-order chi connectivity index (χ0) is 26.2. The highest BCUT2D eigenvalue weighted by Gasteiger charge is 2.05. The number of hydrogen-bond donors (Lipinski definition) is 4. The van der Waals surface area contributed by atoms with Crippen LogP contribution in [0.15, 0.2) is 46.6 Å². The smallest absolute Gasteiger partial charge is 0.240 e. The van der Waals surface area contributed by atoms with Gasteiger partial charge in [-0.25, -0.2) is 10.9 Å². The second-order valence-corrected chi connectivity index (χ2v) is 7.82. The quantitative estimate of drug-likeness (QED) is 0.167. The number of phenolic OH excluding ortho intramolecular Hbond substituents is 2. The Labute approximate surface area is 211 Å². The van der Waals surface area contributed by atoms with Crippen molar-refractivity contribution in [2.24, 2.45) is 10.2 Å². The molecule has 10 nitrogen and oxygen atoms in total. The van der Waals surface area contributed by atoms with Gasteiger partial charge in [0.15, 0.2) is 23.0 Å². The molecule has 0 aliphatic heterocycles. The van der Waals surface area contributed by atoms with Crippen LogP contribution in [0.4, 0.5) is 0 Å². The van der Waals surface area contributed by atoms with Crippen LogP contribution < -0.4 is 20.3 Å². The standard InChI is InChI=1S/C26H34N4O6/c1-3-35-23-15-19(11-13-21(23)31)17-27-29-25(33)9-7-5-6-8-10-26(34)30-28-18-20-12-14-22(32)24(16-20)36-4-2/h11-18,31-32H,3-10H2,1-2H3,(H,29,33)(H,30,34). The fourth-order valence-electron chi connectivity index (χ4n) is 3.16. The fraction of sp³-hybridized carbons (Fsp3) is 0.385. The molecule has 2 rings (SSSR count). The molecule has 0 fully saturated rings. The number of phenols is 2. The molecule has 0 spiro atoms. The van der Waals surface area contributed by atoms with E-state index in [0.29, 0.717) is 61.5 Å². The molecule has 2 aromatic rings. The summed E-state index contributed by atoms with van der Waals surface area (Å²) in [5.41, 5.74) is 6.35. The molecule has 0 unspecified atom stereocenters. The second-order valence-electron chi connectivity index (χ2n) is 7.82. The van der Waals surface area contributed by atoms with Gasteiger partial charge in [0.2, 0.25) is 11.8 Å². The third-order valence-electron chi connectivity index (χ3n) is 4.93. The van der Waals surface area contributed by atoms with Crippen molar-refractivity contribution in [3.63, 3.8) is 0 Å². The Kier molecular flexibility index (Phi) is 12.3. The van der Waals surface area contributed by atoms with Gasteiger partial charge in [-0.1, -0.05) is 12.8 Å². The molecule has 10 heteroatoms. The van der Waals surface area contributed by atoms with Crippen molar-refractivity contribution in [3.8, 4) is 23.0 Å². The van der Waals surface area contributed by atoms with E-state index in [1.807, 2.05) is 13.8 Å². The lowest BCUT2D eigenvalue weighted by Crippen LogP contribution is -2.17. The molecule has 0 saturated heterocycles. The lowest BCUT2D eigenvalue weighted by atomic mass is 10.1. The van der Waals surface area contributed by atoms with Crippen molar-refractivity contribution < 1.29 is 29.3 Å². The number of ether oxygens (including phenoxy) is 2. The maximum atomic E-state index is 11.9. The molecule has 0 bridgehead atoms. The first-order valence-corrected chi connectivity index (χ1v) is 12.0. The van der Waals surface area contributed by atoms with Crippen LogP contribution in [0.1, 0.15) is 63.5 Å². The maximum absolute atomic E-state index is 11.9. The average molecular weight is 499 g/mol. The molecule has 2 aromatic carbocycles. The van der Waals surface area contributed by atoms with Crippen LogP contribution in [0.2, 0.25) is 0 Å². The number of nitrogens with zero attached hydrogens (tertiary/aromatic N) is 2. The van der Waals surface area contributed by atoms with Crippen molar-refractivity contribution in [2.75, 3.05) is 13.2 Å². The molecule has 0 heterocycles. The summed E-state index contributed by atoms with van der Waals surface area (Å²) in [4.78, 5) is 23.8. The lowest BCUT2D eigenvalue weighted by molar-refractivity contribution is -0.122. The number of hydrazone groups is 2. The molecule has 2 amide bonds. The van der Waals surface area contributed by atoms with Gasteiger partial charge in [-0.2, -0.15) is 10.2 Å². The van der Waals surface area contributed by atoms with E-state index in [-0.39, 0.29) is 23.3 Å². The highest BCUT2D eigenvalue weighted by molar-refractivity contribution is 5.84. The van der Waals surface area contributed by atoms with Crippen LogP contribution in [0.3, 0.4) is 0 Å². The normalized spacial score (nSPS) is 11.1. The number of carbonyl (C=O) groups is 2. The predicted octanol–water partition coefficient (Wildman–Crippen LogP) is 3.84. The Bertz CT molecular complexity index is 971. The van der Waals surface area contributed by atoms with Gasteiger partial charge in [-0.05, 0) is 74.2 Å². The topological polar surface area (TPSA) is 142 Å². The van der Waals surface area contributed by atoms with Crippen LogP contribution in [0.25, 0.3) is 0 Å². The van der Waals surface area contributed by atoms with Crippen LogP contribution in [0.5, 0.6) is 23.0 Å². The summed E-state index contributed by atoms with van der Waals surface area (Å²) in [6, 6.07) is 9.63. The Hall–Kier alpha value is -4.08. The van der Waals surface area contributed by atoms with E-state index >= 15 is 0 Å². The van der Waals surface area contributed by atoms with E-state index in [4.69, 9.17) is 9.47 Å². The molecule has 36 heavy (non-hydrogen) atoms. The van der Waals surface area contributed by atoms with E-state index in [2.05, 4.69) is 21.1 Å². The molecular weight excluding hydrogens is 464 g/mol. The van der Waals surface area contributed by atoms with E-state index in [9.17, 15) is 19.8 Å². The summed E-state index contributed by atoms with van der Waals surface area (Å²) in [6.45, 7) is 4.51. The van der Waals surface area contributed by atoms with E-state index in [0.717, 1.165) is 12.8 Å². The highest BCUT2D eigenvalue weighted by Crippen LogP contribution is 2.27. The first-order valence-electron chi connectivity index (χ1n) is 12.0. The monoisotopic (exact) mass is 498 g/mol. The summed E-state index contributed by atoms with van der Waals surface area (Å²) < 4.78 is 10.6.